The molecule has 0 saturated carbocycles. The number of halogens is 3. The molecule has 1 unspecified atom stereocenters. The fourth-order valence-corrected chi connectivity index (χ4v) is 1.16. The molecule has 0 spiro atoms. The lowest BCUT2D eigenvalue weighted by Crippen LogP contribution is -2.45. The predicted octanol–water partition coefficient (Wildman–Crippen LogP) is 0.539. The maximum atomic E-state index is 12.0. The first kappa shape index (κ1) is 16.4. The highest BCUT2D eigenvalue weighted by molar-refractivity contribution is 6.38. The second kappa shape index (κ2) is 7.67. The van der Waals surface area contributed by atoms with Gasteiger partial charge in [-0.1, -0.05) is 6.92 Å². The van der Waals surface area contributed by atoms with Crippen molar-refractivity contribution in [2.75, 3.05) is 6.54 Å². The normalized spacial score (nSPS) is 12.7. The van der Waals surface area contributed by atoms with Gasteiger partial charge < -0.3 is 10.6 Å². The van der Waals surface area contributed by atoms with Crippen LogP contribution in [0.5, 0.6) is 0 Å². The molecule has 0 aromatic carbocycles. The first-order valence-electron chi connectivity index (χ1n) is 5.40. The van der Waals surface area contributed by atoms with Gasteiger partial charge in [0.05, 0.1) is 6.04 Å². The van der Waals surface area contributed by atoms with E-state index in [-0.39, 0.29) is 13.0 Å². The molecule has 5 nitrogen and oxygen atoms in total. The number of amides is 2. The largest absolute Gasteiger partial charge is 0.389 e. The summed E-state index contributed by atoms with van der Waals surface area (Å²) in [4.78, 5) is 32.9. The highest BCUT2D eigenvalue weighted by Crippen LogP contribution is 2.22. The molecule has 104 valence electrons. The zero-order valence-corrected chi connectivity index (χ0v) is 9.84. The first-order chi connectivity index (χ1) is 8.31. The van der Waals surface area contributed by atoms with Crippen molar-refractivity contribution in [2.45, 2.75) is 38.4 Å². The van der Waals surface area contributed by atoms with Gasteiger partial charge in [0.25, 0.3) is 5.91 Å². The van der Waals surface area contributed by atoms with E-state index >= 15 is 0 Å². The SMILES string of the molecule is CCCNC(=O)C(=O)C(CCC(F)(F)F)NC=O. The minimum Gasteiger partial charge on any atom is -0.349 e. The van der Waals surface area contributed by atoms with Crippen molar-refractivity contribution in [2.24, 2.45) is 0 Å². The van der Waals surface area contributed by atoms with Crippen molar-refractivity contribution >= 4 is 18.1 Å². The standard InChI is InChI=1S/C10H15F3N2O3/c1-2-5-14-9(18)8(17)7(15-6-16)3-4-10(11,12)13/h6-7H,2-5H2,1H3,(H,14,18)(H,15,16). The average Bonchev–Trinajstić information content (AvgIpc) is 2.29. The van der Waals surface area contributed by atoms with Gasteiger partial charge in [0.2, 0.25) is 12.2 Å². The summed E-state index contributed by atoms with van der Waals surface area (Å²) in [5, 5.41) is 4.16. The number of carbonyl (C=O) groups excluding carboxylic acids is 3. The first-order valence-corrected chi connectivity index (χ1v) is 5.40. The Morgan fingerprint density at radius 2 is 1.94 bits per heavy atom. The second-order valence-corrected chi connectivity index (χ2v) is 3.61. The molecule has 0 heterocycles. The van der Waals surface area contributed by atoms with Crippen LogP contribution in [0.1, 0.15) is 26.2 Å². The highest BCUT2D eigenvalue weighted by atomic mass is 19.4. The quantitative estimate of drug-likeness (QED) is 0.498. The zero-order chi connectivity index (χ0) is 14.2. The van der Waals surface area contributed by atoms with Crippen molar-refractivity contribution < 1.29 is 27.6 Å². The molecule has 8 heteroatoms. The molecule has 0 aromatic rings. The van der Waals surface area contributed by atoms with Gasteiger partial charge in [0, 0.05) is 13.0 Å². The van der Waals surface area contributed by atoms with E-state index in [1.807, 2.05) is 5.32 Å². The van der Waals surface area contributed by atoms with Crippen molar-refractivity contribution in [3.05, 3.63) is 0 Å². The highest BCUT2D eigenvalue weighted by Gasteiger charge is 2.32. The number of rotatable bonds is 8. The maximum Gasteiger partial charge on any atom is 0.389 e. The van der Waals surface area contributed by atoms with Crippen molar-refractivity contribution in [3.8, 4) is 0 Å². The number of alkyl halides is 3. The second-order valence-electron chi connectivity index (χ2n) is 3.61. The van der Waals surface area contributed by atoms with Gasteiger partial charge in [0.15, 0.2) is 0 Å². The summed E-state index contributed by atoms with van der Waals surface area (Å²) >= 11 is 0. The third-order valence-electron chi connectivity index (χ3n) is 2.06. The Morgan fingerprint density at radius 3 is 2.39 bits per heavy atom. The van der Waals surface area contributed by atoms with E-state index in [0.29, 0.717) is 6.42 Å². The van der Waals surface area contributed by atoms with E-state index in [2.05, 4.69) is 5.32 Å². The van der Waals surface area contributed by atoms with Crippen LogP contribution in [0.15, 0.2) is 0 Å². The van der Waals surface area contributed by atoms with Crippen molar-refractivity contribution in [3.63, 3.8) is 0 Å². The van der Waals surface area contributed by atoms with Crippen LogP contribution in [-0.4, -0.2) is 36.9 Å². The van der Waals surface area contributed by atoms with E-state index in [9.17, 15) is 27.6 Å². The lowest BCUT2D eigenvalue weighted by molar-refractivity contribution is -0.144. The van der Waals surface area contributed by atoms with Gasteiger partial charge in [-0.2, -0.15) is 13.2 Å². The molecular weight excluding hydrogens is 253 g/mol. The summed E-state index contributed by atoms with van der Waals surface area (Å²) in [5.41, 5.74) is 0. The average molecular weight is 268 g/mol. The molecule has 2 amide bonds. The number of nitrogens with one attached hydrogen (secondary N) is 2. The maximum absolute atomic E-state index is 12.0. The van der Waals surface area contributed by atoms with Gasteiger partial charge in [-0.15, -0.1) is 0 Å². The van der Waals surface area contributed by atoms with Gasteiger partial charge in [-0.3, -0.25) is 14.4 Å². The minimum absolute atomic E-state index is 0.103. The Hall–Kier alpha value is -1.60. The van der Waals surface area contributed by atoms with E-state index in [0.717, 1.165) is 0 Å². The Morgan fingerprint density at radius 1 is 1.33 bits per heavy atom. The molecule has 0 saturated heterocycles. The Bertz CT molecular complexity index is 305. The monoisotopic (exact) mass is 268 g/mol. The molecule has 0 bridgehead atoms. The van der Waals surface area contributed by atoms with Crippen LogP contribution in [0.25, 0.3) is 0 Å². The molecule has 0 rings (SSSR count). The molecule has 0 aliphatic carbocycles. The fraction of sp³-hybridized carbons (Fsp3) is 0.700. The van der Waals surface area contributed by atoms with E-state index in [4.69, 9.17) is 0 Å². The number of carbonyl (C=O) groups is 3. The van der Waals surface area contributed by atoms with Crippen LogP contribution in [0.4, 0.5) is 13.2 Å². The van der Waals surface area contributed by atoms with Crippen LogP contribution < -0.4 is 10.6 Å². The molecule has 18 heavy (non-hydrogen) atoms. The number of Topliss-reactive ketones (excluding diaryl/α,β-unsaturated/α-hetero) is 1. The topological polar surface area (TPSA) is 75.3 Å². The number of hydrogen-bond acceptors (Lipinski definition) is 3. The van der Waals surface area contributed by atoms with E-state index in [1.165, 1.54) is 0 Å². The smallest absolute Gasteiger partial charge is 0.349 e. The molecular formula is C10H15F3N2O3. The van der Waals surface area contributed by atoms with Gasteiger partial charge in [0.1, 0.15) is 0 Å². The van der Waals surface area contributed by atoms with Gasteiger partial charge >= 0.3 is 6.18 Å². The molecule has 0 fully saturated rings. The summed E-state index contributed by atoms with van der Waals surface area (Å²) in [7, 11) is 0. The number of ketones is 1. The molecule has 0 aliphatic heterocycles. The molecule has 0 radical (unpaired) electrons. The summed E-state index contributed by atoms with van der Waals surface area (Å²) in [6.07, 6.45) is -5.64. The molecule has 2 N–H and O–H groups in total. The third kappa shape index (κ3) is 6.87. The van der Waals surface area contributed by atoms with Crippen LogP contribution >= 0.6 is 0 Å². The van der Waals surface area contributed by atoms with E-state index in [1.54, 1.807) is 6.92 Å². The zero-order valence-electron chi connectivity index (χ0n) is 9.84. The Balaban J connectivity index is 4.43. The lowest BCUT2D eigenvalue weighted by Gasteiger charge is -2.15. The van der Waals surface area contributed by atoms with Crippen LogP contribution in [0.2, 0.25) is 0 Å². The minimum atomic E-state index is -4.44. The predicted molar refractivity (Wildman–Crippen MR) is 56.6 cm³/mol. The van der Waals surface area contributed by atoms with Crippen molar-refractivity contribution in [1.29, 1.82) is 0 Å². The molecule has 1 atom stereocenters. The molecule has 0 aliphatic rings. The summed E-state index contributed by atoms with van der Waals surface area (Å²) in [6, 6.07) is -1.44. The van der Waals surface area contributed by atoms with E-state index < -0.39 is 36.8 Å². The molecule has 0 aromatic heterocycles. The van der Waals surface area contributed by atoms with Crippen LogP contribution in [0.3, 0.4) is 0 Å². The summed E-state index contributed by atoms with van der Waals surface area (Å²) in [6.45, 7) is 2.01. The summed E-state index contributed by atoms with van der Waals surface area (Å²) in [5.74, 6) is -2.06. The fourth-order valence-electron chi connectivity index (χ4n) is 1.16. The summed E-state index contributed by atoms with van der Waals surface area (Å²) < 4.78 is 36.0. The van der Waals surface area contributed by atoms with Crippen molar-refractivity contribution in [1.82, 2.24) is 10.6 Å². The third-order valence-corrected chi connectivity index (χ3v) is 2.06. The van der Waals surface area contributed by atoms with Crippen LogP contribution in [0, 0.1) is 0 Å². The van der Waals surface area contributed by atoms with Crippen LogP contribution in [-0.2, 0) is 14.4 Å². The van der Waals surface area contributed by atoms with Gasteiger partial charge in [-0.05, 0) is 12.8 Å². The lowest BCUT2D eigenvalue weighted by atomic mass is 10.1. The Labute approximate surface area is 102 Å². The Kier molecular flexibility index (Phi) is 6.99. The van der Waals surface area contributed by atoms with Gasteiger partial charge in [-0.25, -0.2) is 0 Å². The number of hydrogen-bond donors (Lipinski definition) is 2.